The van der Waals surface area contributed by atoms with Crippen molar-refractivity contribution in [1.29, 1.82) is 0 Å². The number of para-hydroxylation sites is 1. The molecule has 5 rings (SSSR count). The van der Waals surface area contributed by atoms with Crippen molar-refractivity contribution in [2.24, 2.45) is 0 Å². The SMILES string of the molecule is O=C(Nc1ccccc1CCN1CCN(c2nsc3ccccc23)CC1)c1ccco1. The van der Waals surface area contributed by atoms with Gasteiger partial charge in [0.1, 0.15) is 5.82 Å². The Balaban J connectivity index is 1.18. The van der Waals surface area contributed by atoms with Crippen LogP contribution in [0.15, 0.2) is 71.3 Å². The molecule has 31 heavy (non-hydrogen) atoms. The lowest BCUT2D eigenvalue weighted by molar-refractivity contribution is 0.0996. The first-order valence-corrected chi connectivity index (χ1v) is 11.3. The molecule has 0 aliphatic carbocycles. The fourth-order valence-corrected chi connectivity index (χ4v) is 4.81. The number of benzene rings is 2. The molecular formula is C24H24N4O2S. The summed E-state index contributed by atoms with van der Waals surface area (Å²) in [5.41, 5.74) is 1.98. The largest absolute Gasteiger partial charge is 0.459 e. The molecule has 158 valence electrons. The van der Waals surface area contributed by atoms with Gasteiger partial charge in [0.15, 0.2) is 5.76 Å². The number of hydrogen-bond donors (Lipinski definition) is 1. The van der Waals surface area contributed by atoms with E-state index in [1.165, 1.54) is 16.3 Å². The molecule has 0 atom stereocenters. The summed E-state index contributed by atoms with van der Waals surface area (Å²) in [6.45, 7) is 4.92. The molecule has 1 aliphatic rings. The van der Waals surface area contributed by atoms with Crippen LogP contribution in [0.25, 0.3) is 10.1 Å². The zero-order valence-electron chi connectivity index (χ0n) is 17.2. The summed E-state index contributed by atoms with van der Waals surface area (Å²) >= 11 is 1.57. The lowest BCUT2D eigenvalue weighted by atomic mass is 10.1. The van der Waals surface area contributed by atoms with Crippen LogP contribution in [0.2, 0.25) is 0 Å². The molecule has 0 unspecified atom stereocenters. The number of furan rings is 1. The fraction of sp³-hybridized carbons (Fsp3) is 0.250. The number of amides is 1. The molecule has 0 saturated carbocycles. The maximum atomic E-state index is 12.3. The van der Waals surface area contributed by atoms with Crippen LogP contribution in [-0.4, -0.2) is 47.9 Å². The van der Waals surface area contributed by atoms with E-state index in [2.05, 4.69) is 45.4 Å². The maximum absolute atomic E-state index is 12.3. The van der Waals surface area contributed by atoms with Gasteiger partial charge in [-0.3, -0.25) is 9.69 Å². The summed E-state index contributed by atoms with van der Waals surface area (Å²) in [5.74, 6) is 1.22. The average molecular weight is 433 g/mol. The molecule has 0 bridgehead atoms. The second-order valence-corrected chi connectivity index (χ2v) is 8.47. The van der Waals surface area contributed by atoms with Crippen molar-refractivity contribution in [3.05, 3.63) is 78.3 Å². The van der Waals surface area contributed by atoms with Gasteiger partial charge in [-0.05, 0) is 53.8 Å². The van der Waals surface area contributed by atoms with Gasteiger partial charge in [0, 0.05) is 43.8 Å². The molecule has 0 radical (unpaired) electrons. The lowest BCUT2D eigenvalue weighted by Gasteiger charge is -2.35. The second kappa shape index (κ2) is 8.91. The predicted octanol–water partition coefficient (Wildman–Crippen LogP) is 4.51. The average Bonchev–Trinajstić information content (AvgIpc) is 3.49. The van der Waals surface area contributed by atoms with Gasteiger partial charge in [0.25, 0.3) is 5.91 Å². The summed E-state index contributed by atoms with van der Waals surface area (Å²) in [6, 6.07) is 19.8. The van der Waals surface area contributed by atoms with Crippen molar-refractivity contribution in [3.8, 4) is 0 Å². The Morgan fingerprint density at radius 1 is 1.00 bits per heavy atom. The van der Waals surface area contributed by atoms with Crippen molar-refractivity contribution >= 4 is 39.0 Å². The zero-order chi connectivity index (χ0) is 21.0. The van der Waals surface area contributed by atoms with Crippen molar-refractivity contribution in [2.45, 2.75) is 6.42 Å². The summed E-state index contributed by atoms with van der Waals surface area (Å²) < 4.78 is 11.1. The van der Waals surface area contributed by atoms with Gasteiger partial charge >= 0.3 is 0 Å². The molecule has 2 aromatic carbocycles. The van der Waals surface area contributed by atoms with Gasteiger partial charge in [0.05, 0.1) is 11.0 Å². The van der Waals surface area contributed by atoms with Crippen molar-refractivity contribution in [2.75, 3.05) is 42.9 Å². The standard InChI is InChI=1S/C24H24N4O2S/c29-24(21-9-5-17-30-21)25-20-8-3-1-6-18(20)11-12-27-13-15-28(16-14-27)23-19-7-2-4-10-22(19)31-26-23/h1-10,17H,11-16H2,(H,25,29). The predicted molar refractivity (Wildman–Crippen MR) is 125 cm³/mol. The highest BCUT2D eigenvalue weighted by molar-refractivity contribution is 7.13. The monoisotopic (exact) mass is 432 g/mol. The van der Waals surface area contributed by atoms with Gasteiger partial charge in [-0.15, -0.1) is 0 Å². The number of nitrogens with one attached hydrogen (secondary N) is 1. The van der Waals surface area contributed by atoms with E-state index in [9.17, 15) is 4.79 Å². The van der Waals surface area contributed by atoms with Crippen LogP contribution in [0, 0.1) is 0 Å². The Bertz CT molecular complexity index is 1160. The minimum Gasteiger partial charge on any atom is -0.459 e. The first-order chi connectivity index (χ1) is 15.3. The third-order valence-corrected chi connectivity index (χ3v) is 6.56. The normalized spacial score (nSPS) is 14.8. The number of aromatic nitrogens is 1. The third kappa shape index (κ3) is 4.33. The molecule has 1 aliphatic heterocycles. The molecular weight excluding hydrogens is 408 g/mol. The second-order valence-electron chi connectivity index (χ2n) is 7.67. The Hall–Kier alpha value is -3.16. The van der Waals surface area contributed by atoms with E-state index in [1.807, 2.05) is 18.2 Å². The van der Waals surface area contributed by atoms with Crippen LogP contribution in [0.4, 0.5) is 11.5 Å². The molecule has 2 aromatic heterocycles. The molecule has 6 nitrogen and oxygen atoms in total. The molecule has 1 fully saturated rings. The van der Waals surface area contributed by atoms with Gasteiger partial charge in [-0.25, -0.2) is 0 Å². The Kier molecular flexibility index (Phi) is 5.69. The highest BCUT2D eigenvalue weighted by Gasteiger charge is 2.21. The molecule has 4 aromatic rings. The highest BCUT2D eigenvalue weighted by Crippen LogP contribution is 2.29. The zero-order valence-corrected chi connectivity index (χ0v) is 18.0. The minimum absolute atomic E-state index is 0.221. The van der Waals surface area contributed by atoms with Crippen molar-refractivity contribution in [1.82, 2.24) is 9.27 Å². The van der Waals surface area contributed by atoms with E-state index >= 15 is 0 Å². The number of nitrogens with zero attached hydrogens (tertiary/aromatic N) is 3. The van der Waals surface area contributed by atoms with Crippen LogP contribution >= 0.6 is 11.5 Å². The van der Waals surface area contributed by atoms with E-state index in [0.29, 0.717) is 5.76 Å². The Morgan fingerprint density at radius 3 is 2.65 bits per heavy atom. The minimum atomic E-state index is -0.221. The number of carbonyl (C=O) groups is 1. The molecule has 1 N–H and O–H groups in total. The number of rotatable bonds is 6. The molecule has 7 heteroatoms. The van der Waals surface area contributed by atoms with E-state index in [0.717, 1.165) is 56.2 Å². The summed E-state index contributed by atoms with van der Waals surface area (Å²) in [7, 11) is 0. The first-order valence-electron chi connectivity index (χ1n) is 10.5. The summed E-state index contributed by atoms with van der Waals surface area (Å²) in [6.07, 6.45) is 2.39. The van der Waals surface area contributed by atoms with Crippen LogP contribution in [0.5, 0.6) is 0 Å². The van der Waals surface area contributed by atoms with Crippen LogP contribution in [-0.2, 0) is 6.42 Å². The van der Waals surface area contributed by atoms with E-state index in [1.54, 1.807) is 23.7 Å². The first kappa shape index (κ1) is 19.8. The topological polar surface area (TPSA) is 61.6 Å². The van der Waals surface area contributed by atoms with Crippen LogP contribution in [0.1, 0.15) is 16.1 Å². The number of hydrogen-bond acceptors (Lipinski definition) is 6. The molecule has 0 spiro atoms. The number of fused-ring (bicyclic) bond motifs is 1. The maximum Gasteiger partial charge on any atom is 0.291 e. The van der Waals surface area contributed by atoms with Gasteiger partial charge < -0.3 is 14.6 Å². The highest BCUT2D eigenvalue weighted by atomic mass is 32.1. The Labute approximate surface area is 185 Å². The van der Waals surface area contributed by atoms with Crippen molar-refractivity contribution < 1.29 is 9.21 Å². The van der Waals surface area contributed by atoms with E-state index in [4.69, 9.17) is 8.79 Å². The third-order valence-electron chi connectivity index (χ3n) is 5.74. The molecule has 1 saturated heterocycles. The lowest BCUT2D eigenvalue weighted by Crippen LogP contribution is -2.47. The summed E-state index contributed by atoms with van der Waals surface area (Å²) in [5, 5.41) is 4.23. The number of piperazine rings is 1. The van der Waals surface area contributed by atoms with Gasteiger partial charge in [-0.2, -0.15) is 4.37 Å². The Morgan fingerprint density at radius 2 is 1.81 bits per heavy atom. The van der Waals surface area contributed by atoms with Gasteiger partial charge in [-0.1, -0.05) is 30.3 Å². The van der Waals surface area contributed by atoms with Crippen molar-refractivity contribution in [3.63, 3.8) is 0 Å². The van der Waals surface area contributed by atoms with Crippen LogP contribution < -0.4 is 10.2 Å². The smallest absolute Gasteiger partial charge is 0.291 e. The summed E-state index contributed by atoms with van der Waals surface area (Å²) in [4.78, 5) is 17.2. The van der Waals surface area contributed by atoms with E-state index < -0.39 is 0 Å². The number of anilines is 2. The van der Waals surface area contributed by atoms with Gasteiger partial charge in [0.2, 0.25) is 0 Å². The van der Waals surface area contributed by atoms with Crippen LogP contribution in [0.3, 0.4) is 0 Å². The molecule has 1 amide bonds. The number of carbonyl (C=O) groups excluding carboxylic acids is 1. The van der Waals surface area contributed by atoms with E-state index in [-0.39, 0.29) is 5.91 Å². The quantitative estimate of drug-likeness (QED) is 0.486. The fourth-order valence-electron chi connectivity index (χ4n) is 4.01. The molecule has 3 heterocycles.